The lowest BCUT2D eigenvalue weighted by molar-refractivity contribution is 0.161. The Hall–Kier alpha value is -0.0800. The zero-order chi connectivity index (χ0) is 13.5. The number of nitrogens with one attached hydrogen (secondary N) is 1. The number of nitrogens with zero attached hydrogens (tertiary/aromatic N) is 1. The van der Waals surface area contributed by atoms with Crippen molar-refractivity contribution in [1.29, 1.82) is 0 Å². The molecule has 0 bridgehead atoms. The smallest absolute Gasteiger partial charge is 0.0243 e. The lowest BCUT2D eigenvalue weighted by atomic mass is 9.86. The van der Waals surface area contributed by atoms with Crippen LogP contribution in [0.3, 0.4) is 0 Å². The van der Waals surface area contributed by atoms with E-state index in [2.05, 4.69) is 58.8 Å². The molecule has 0 fully saturated rings. The number of likely N-dealkylation sites (N-methyl/N-ethyl adjacent to an activating group) is 1. The van der Waals surface area contributed by atoms with Crippen molar-refractivity contribution in [1.82, 2.24) is 10.2 Å². The van der Waals surface area contributed by atoms with Gasteiger partial charge in [-0.15, -0.1) is 0 Å². The summed E-state index contributed by atoms with van der Waals surface area (Å²) in [5.74, 6) is 0. The van der Waals surface area contributed by atoms with Crippen LogP contribution in [0.25, 0.3) is 0 Å². The molecular formula is C15H34N2. The molecule has 0 spiro atoms. The predicted molar refractivity (Wildman–Crippen MR) is 78.5 cm³/mol. The maximum Gasteiger partial charge on any atom is 0.0243 e. The first-order valence-corrected chi connectivity index (χ1v) is 7.26. The van der Waals surface area contributed by atoms with Crippen LogP contribution in [0.2, 0.25) is 0 Å². The van der Waals surface area contributed by atoms with Gasteiger partial charge < -0.3 is 10.2 Å². The quantitative estimate of drug-likeness (QED) is 0.700. The molecule has 2 heteroatoms. The molecule has 2 unspecified atom stereocenters. The second-order valence-corrected chi connectivity index (χ2v) is 6.45. The van der Waals surface area contributed by atoms with Crippen LogP contribution in [0.5, 0.6) is 0 Å². The number of hydrogen-bond donors (Lipinski definition) is 1. The second-order valence-electron chi connectivity index (χ2n) is 6.45. The SMILES string of the molecule is CCCNC(CN(C)C(C)CCC)C(C)(C)C. The summed E-state index contributed by atoms with van der Waals surface area (Å²) < 4.78 is 0. The van der Waals surface area contributed by atoms with Crippen LogP contribution in [-0.2, 0) is 0 Å². The van der Waals surface area contributed by atoms with Crippen LogP contribution in [0.4, 0.5) is 0 Å². The van der Waals surface area contributed by atoms with Crippen LogP contribution < -0.4 is 5.32 Å². The molecular weight excluding hydrogens is 208 g/mol. The summed E-state index contributed by atoms with van der Waals surface area (Å²) in [6.45, 7) is 16.1. The third-order valence-corrected chi connectivity index (χ3v) is 3.62. The predicted octanol–water partition coefficient (Wildman–Crippen LogP) is 3.52. The van der Waals surface area contributed by atoms with Crippen molar-refractivity contribution in [3.05, 3.63) is 0 Å². The van der Waals surface area contributed by atoms with Crippen LogP contribution in [0.15, 0.2) is 0 Å². The molecule has 0 rings (SSSR count). The minimum atomic E-state index is 0.329. The third-order valence-electron chi connectivity index (χ3n) is 3.62. The lowest BCUT2D eigenvalue weighted by Crippen LogP contribution is -2.49. The highest BCUT2D eigenvalue weighted by Gasteiger charge is 2.26. The summed E-state index contributed by atoms with van der Waals surface area (Å²) >= 11 is 0. The van der Waals surface area contributed by atoms with E-state index in [1.54, 1.807) is 0 Å². The maximum absolute atomic E-state index is 3.70. The third kappa shape index (κ3) is 7.05. The average Bonchev–Trinajstić information content (AvgIpc) is 2.22. The van der Waals surface area contributed by atoms with Crippen molar-refractivity contribution in [3.8, 4) is 0 Å². The molecule has 2 nitrogen and oxygen atoms in total. The molecule has 2 atom stereocenters. The van der Waals surface area contributed by atoms with Gasteiger partial charge in [0.25, 0.3) is 0 Å². The van der Waals surface area contributed by atoms with Gasteiger partial charge in [-0.3, -0.25) is 0 Å². The topological polar surface area (TPSA) is 15.3 Å². The Kier molecular flexibility index (Phi) is 8.06. The minimum Gasteiger partial charge on any atom is -0.312 e. The molecule has 0 aromatic heterocycles. The molecule has 0 amide bonds. The highest BCUT2D eigenvalue weighted by molar-refractivity contribution is 4.83. The Morgan fingerprint density at radius 2 is 1.71 bits per heavy atom. The van der Waals surface area contributed by atoms with Gasteiger partial charge in [0.05, 0.1) is 0 Å². The van der Waals surface area contributed by atoms with Gasteiger partial charge in [-0.1, -0.05) is 41.0 Å². The van der Waals surface area contributed by atoms with Crippen molar-refractivity contribution in [2.75, 3.05) is 20.1 Å². The summed E-state index contributed by atoms with van der Waals surface area (Å²) in [7, 11) is 2.26. The van der Waals surface area contributed by atoms with E-state index in [9.17, 15) is 0 Å². The molecule has 0 saturated carbocycles. The van der Waals surface area contributed by atoms with E-state index in [1.165, 1.54) is 19.3 Å². The van der Waals surface area contributed by atoms with E-state index in [1.807, 2.05) is 0 Å². The second kappa shape index (κ2) is 8.10. The zero-order valence-electron chi connectivity index (χ0n) is 13.1. The Labute approximate surface area is 109 Å². The fourth-order valence-corrected chi connectivity index (χ4v) is 2.07. The highest BCUT2D eigenvalue weighted by atomic mass is 15.2. The molecule has 0 aliphatic heterocycles. The van der Waals surface area contributed by atoms with Gasteiger partial charge in [-0.25, -0.2) is 0 Å². The Balaban J connectivity index is 4.32. The summed E-state index contributed by atoms with van der Waals surface area (Å²) in [5.41, 5.74) is 0.329. The van der Waals surface area contributed by atoms with Gasteiger partial charge in [-0.05, 0) is 38.8 Å². The molecule has 0 saturated heterocycles. The minimum absolute atomic E-state index is 0.329. The number of hydrogen-bond acceptors (Lipinski definition) is 2. The molecule has 1 N–H and O–H groups in total. The normalized spacial score (nSPS) is 16.2. The van der Waals surface area contributed by atoms with Gasteiger partial charge in [0.2, 0.25) is 0 Å². The van der Waals surface area contributed by atoms with Crippen molar-refractivity contribution in [3.63, 3.8) is 0 Å². The Morgan fingerprint density at radius 1 is 1.12 bits per heavy atom. The van der Waals surface area contributed by atoms with Crippen molar-refractivity contribution in [2.45, 2.75) is 72.9 Å². The lowest BCUT2D eigenvalue weighted by Gasteiger charge is -2.37. The van der Waals surface area contributed by atoms with Crippen LogP contribution in [0, 0.1) is 5.41 Å². The van der Waals surface area contributed by atoms with Crippen LogP contribution in [-0.4, -0.2) is 37.1 Å². The van der Waals surface area contributed by atoms with Gasteiger partial charge in [0.1, 0.15) is 0 Å². The van der Waals surface area contributed by atoms with Gasteiger partial charge in [-0.2, -0.15) is 0 Å². The molecule has 0 aromatic rings. The summed E-state index contributed by atoms with van der Waals surface area (Å²) in [5, 5.41) is 3.70. The molecule has 0 radical (unpaired) electrons. The Bertz CT molecular complexity index is 184. The van der Waals surface area contributed by atoms with Crippen molar-refractivity contribution < 1.29 is 0 Å². The summed E-state index contributed by atoms with van der Waals surface area (Å²) in [4.78, 5) is 2.50. The molecule has 0 heterocycles. The summed E-state index contributed by atoms with van der Waals surface area (Å²) in [6, 6.07) is 1.26. The van der Waals surface area contributed by atoms with E-state index in [0.717, 1.165) is 13.1 Å². The summed E-state index contributed by atoms with van der Waals surface area (Å²) in [6.07, 6.45) is 3.77. The monoisotopic (exact) mass is 242 g/mol. The van der Waals surface area contributed by atoms with E-state index in [-0.39, 0.29) is 0 Å². The zero-order valence-corrected chi connectivity index (χ0v) is 13.1. The molecule has 0 aliphatic rings. The van der Waals surface area contributed by atoms with Gasteiger partial charge in [0, 0.05) is 18.6 Å². The van der Waals surface area contributed by atoms with E-state index >= 15 is 0 Å². The van der Waals surface area contributed by atoms with Crippen LogP contribution >= 0.6 is 0 Å². The van der Waals surface area contributed by atoms with Crippen molar-refractivity contribution in [2.24, 2.45) is 5.41 Å². The largest absolute Gasteiger partial charge is 0.312 e. The first-order valence-electron chi connectivity index (χ1n) is 7.26. The van der Waals surface area contributed by atoms with E-state index in [0.29, 0.717) is 17.5 Å². The number of rotatable bonds is 8. The fourth-order valence-electron chi connectivity index (χ4n) is 2.07. The van der Waals surface area contributed by atoms with E-state index < -0.39 is 0 Å². The van der Waals surface area contributed by atoms with Gasteiger partial charge in [0.15, 0.2) is 0 Å². The standard InChI is InChI=1S/C15H34N2/c1-8-10-13(3)17(7)12-14(15(4,5)6)16-11-9-2/h13-14,16H,8-12H2,1-7H3. The van der Waals surface area contributed by atoms with Gasteiger partial charge >= 0.3 is 0 Å². The fraction of sp³-hybridized carbons (Fsp3) is 1.00. The maximum atomic E-state index is 3.70. The molecule has 17 heavy (non-hydrogen) atoms. The first-order chi connectivity index (χ1) is 7.82. The van der Waals surface area contributed by atoms with E-state index in [4.69, 9.17) is 0 Å². The molecule has 104 valence electrons. The molecule has 0 aliphatic carbocycles. The highest BCUT2D eigenvalue weighted by Crippen LogP contribution is 2.21. The average molecular weight is 242 g/mol. The van der Waals surface area contributed by atoms with Crippen molar-refractivity contribution >= 4 is 0 Å². The first kappa shape index (κ1) is 16.9. The Morgan fingerprint density at radius 3 is 2.12 bits per heavy atom. The van der Waals surface area contributed by atoms with Crippen LogP contribution in [0.1, 0.15) is 60.8 Å². The molecule has 0 aromatic carbocycles.